The van der Waals surface area contributed by atoms with Crippen LogP contribution >= 0.6 is 11.3 Å². The number of thiophene rings is 1. The van der Waals surface area contributed by atoms with Gasteiger partial charge in [0.1, 0.15) is 5.00 Å². The average molecular weight is 433 g/mol. The lowest BCUT2D eigenvalue weighted by Gasteiger charge is -2.08. The number of nitrogens with zero attached hydrogens (tertiary/aromatic N) is 2. The Morgan fingerprint density at radius 1 is 1.07 bits per heavy atom. The minimum absolute atomic E-state index is 0.175. The van der Waals surface area contributed by atoms with Crippen molar-refractivity contribution in [3.8, 4) is 0 Å². The quantitative estimate of drug-likeness (QED) is 0.310. The molecule has 0 saturated heterocycles. The number of amides is 1. The predicted molar refractivity (Wildman–Crippen MR) is 109 cm³/mol. The Morgan fingerprint density at radius 3 is 2.30 bits per heavy atom. The molecule has 0 spiro atoms. The van der Waals surface area contributed by atoms with Crippen LogP contribution in [0.4, 0.5) is 16.4 Å². The molecule has 11 heteroatoms. The molecule has 0 unspecified atom stereocenters. The van der Waals surface area contributed by atoms with Crippen LogP contribution in [-0.4, -0.2) is 28.3 Å². The third-order valence-corrected chi connectivity index (χ3v) is 5.92. The highest BCUT2D eigenvalue weighted by molar-refractivity contribution is 7.17. The van der Waals surface area contributed by atoms with Crippen LogP contribution in [0, 0.1) is 20.2 Å². The summed E-state index contributed by atoms with van der Waals surface area (Å²) >= 11 is 1.27. The molecule has 1 aliphatic carbocycles. The zero-order chi connectivity index (χ0) is 21.8. The van der Waals surface area contributed by atoms with E-state index in [4.69, 9.17) is 4.74 Å². The Hall–Kier alpha value is -3.34. The molecule has 30 heavy (non-hydrogen) atoms. The summed E-state index contributed by atoms with van der Waals surface area (Å²) in [4.78, 5) is 46.9. The van der Waals surface area contributed by atoms with Crippen molar-refractivity contribution in [3.05, 3.63) is 60.0 Å². The fourth-order valence-corrected chi connectivity index (χ4v) is 4.63. The van der Waals surface area contributed by atoms with Gasteiger partial charge >= 0.3 is 5.97 Å². The van der Waals surface area contributed by atoms with E-state index in [2.05, 4.69) is 5.32 Å². The number of rotatable bonds is 6. The van der Waals surface area contributed by atoms with E-state index in [1.165, 1.54) is 11.3 Å². The zero-order valence-electron chi connectivity index (χ0n) is 16.1. The second-order valence-electron chi connectivity index (χ2n) is 6.70. The summed E-state index contributed by atoms with van der Waals surface area (Å²) < 4.78 is 5.16. The number of carbonyl (C=O) groups is 2. The second kappa shape index (κ2) is 8.99. The van der Waals surface area contributed by atoms with Gasteiger partial charge in [-0.05, 0) is 38.2 Å². The normalized spacial score (nSPS) is 13.1. The highest BCUT2D eigenvalue weighted by atomic mass is 32.1. The smallest absolute Gasteiger partial charge is 0.341 e. The molecule has 3 rings (SSSR count). The molecular formula is C19H19N3O7S. The Labute approximate surface area is 175 Å². The summed E-state index contributed by atoms with van der Waals surface area (Å²) in [6.45, 7) is 1.86. The fourth-order valence-electron chi connectivity index (χ4n) is 3.36. The lowest BCUT2D eigenvalue weighted by atomic mass is 10.1. The van der Waals surface area contributed by atoms with Gasteiger partial charge in [0.05, 0.1) is 33.6 Å². The van der Waals surface area contributed by atoms with Gasteiger partial charge in [-0.1, -0.05) is 6.42 Å². The number of aryl methyl sites for hydroxylation is 1. The number of fused-ring (bicyclic) bond motifs is 1. The molecule has 0 aliphatic heterocycles. The van der Waals surface area contributed by atoms with Crippen molar-refractivity contribution in [3.63, 3.8) is 0 Å². The first-order valence-electron chi connectivity index (χ1n) is 9.38. The van der Waals surface area contributed by atoms with Gasteiger partial charge < -0.3 is 10.1 Å². The minimum Gasteiger partial charge on any atom is -0.462 e. The molecule has 0 bridgehead atoms. The highest BCUT2D eigenvalue weighted by Crippen LogP contribution is 2.38. The maximum Gasteiger partial charge on any atom is 0.341 e. The SMILES string of the molecule is CCOC(=O)c1c(NC(=O)c2cc([N+](=O)[O-])cc([N+](=O)[O-])c2)sc2c1CCCCC2. The van der Waals surface area contributed by atoms with E-state index in [0.717, 1.165) is 54.3 Å². The predicted octanol–water partition coefficient (Wildman–Crippen LogP) is 4.26. The van der Waals surface area contributed by atoms with Crippen LogP contribution in [0.25, 0.3) is 0 Å². The van der Waals surface area contributed by atoms with Crippen LogP contribution in [0.15, 0.2) is 18.2 Å². The Balaban J connectivity index is 2.00. The van der Waals surface area contributed by atoms with E-state index in [0.29, 0.717) is 17.0 Å². The number of ether oxygens (including phenoxy) is 1. The number of anilines is 1. The monoisotopic (exact) mass is 433 g/mol. The van der Waals surface area contributed by atoms with Crippen molar-refractivity contribution >= 4 is 39.6 Å². The van der Waals surface area contributed by atoms with Crippen LogP contribution in [0.3, 0.4) is 0 Å². The van der Waals surface area contributed by atoms with E-state index in [-0.39, 0.29) is 12.2 Å². The number of hydrogen-bond donors (Lipinski definition) is 1. The Bertz CT molecular complexity index is 999. The molecule has 0 saturated carbocycles. The molecular weight excluding hydrogens is 414 g/mol. The van der Waals surface area contributed by atoms with E-state index < -0.39 is 33.1 Å². The highest BCUT2D eigenvalue weighted by Gasteiger charge is 2.28. The molecule has 0 atom stereocenters. The van der Waals surface area contributed by atoms with E-state index in [1.54, 1.807) is 6.92 Å². The van der Waals surface area contributed by atoms with Gasteiger partial charge in [-0.2, -0.15) is 0 Å². The Morgan fingerprint density at radius 2 is 1.70 bits per heavy atom. The number of non-ortho nitro benzene ring substituents is 2. The summed E-state index contributed by atoms with van der Waals surface area (Å²) in [6, 6.07) is 2.71. The van der Waals surface area contributed by atoms with Crippen LogP contribution in [0.2, 0.25) is 0 Å². The lowest BCUT2D eigenvalue weighted by Crippen LogP contribution is -2.15. The van der Waals surface area contributed by atoms with Gasteiger partial charge in [0, 0.05) is 17.0 Å². The number of nitro groups is 2. The summed E-state index contributed by atoms with van der Waals surface area (Å²) in [7, 11) is 0. The van der Waals surface area contributed by atoms with Crippen LogP contribution in [0.1, 0.15) is 57.3 Å². The van der Waals surface area contributed by atoms with Crippen molar-refractivity contribution < 1.29 is 24.2 Å². The maximum atomic E-state index is 12.8. The first-order chi connectivity index (χ1) is 14.3. The lowest BCUT2D eigenvalue weighted by molar-refractivity contribution is -0.394. The molecule has 1 heterocycles. The number of carbonyl (C=O) groups excluding carboxylic acids is 2. The minimum atomic E-state index is -0.804. The second-order valence-corrected chi connectivity index (χ2v) is 7.80. The number of esters is 1. The van der Waals surface area contributed by atoms with Gasteiger partial charge in [-0.25, -0.2) is 4.79 Å². The molecule has 10 nitrogen and oxygen atoms in total. The van der Waals surface area contributed by atoms with Crippen molar-refractivity contribution in [2.75, 3.05) is 11.9 Å². The zero-order valence-corrected chi connectivity index (χ0v) is 17.0. The molecule has 0 radical (unpaired) electrons. The van der Waals surface area contributed by atoms with Gasteiger partial charge in [-0.15, -0.1) is 11.3 Å². The fraction of sp³-hybridized carbons (Fsp3) is 0.368. The van der Waals surface area contributed by atoms with Crippen LogP contribution in [0.5, 0.6) is 0 Å². The molecule has 0 fully saturated rings. The van der Waals surface area contributed by atoms with Gasteiger partial charge in [0.2, 0.25) is 0 Å². The molecule has 1 aromatic heterocycles. The standard InChI is InChI=1S/C19H19N3O7S/c1-2-29-19(24)16-14-6-4-3-5-7-15(14)30-18(16)20-17(23)11-8-12(21(25)26)10-13(9-11)22(27)28/h8-10H,2-7H2,1H3,(H,20,23). The molecule has 2 aromatic rings. The van der Waals surface area contributed by atoms with Crippen molar-refractivity contribution in [1.29, 1.82) is 0 Å². The number of nitrogens with one attached hydrogen (secondary N) is 1. The van der Waals surface area contributed by atoms with Crippen LogP contribution < -0.4 is 5.32 Å². The largest absolute Gasteiger partial charge is 0.462 e. The first-order valence-corrected chi connectivity index (χ1v) is 10.2. The van der Waals surface area contributed by atoms with Crippen molar-refractivity contribution in [1.82, 2.24) is 0 Å². The topological polar surface area (TPSA) is 142 Å². The van der Waals surface area contributed by atoms with E-state index >= 15 is 0 Å². The van der Waals surface area contributed by atoms with Crippen molar-refractivity contribution in [2.24, 2.45) is 0 Å². The molecule has 158 valence electrons. The molecule has 1 amide bonds. The average Bonchev–Trinajstić information content (AvgIpc) is 2.88. The Kier molecular flexibility index (Phi) is 6.40. The summed E-state index contributed by atoms with van der Waals surface area (Å²) in [5, 5.41) is 25.1. The molecule has 1 aliphatic rings. The van der Waals surface area contributed by atoms with Gasteiger partial charge in [-0.3, -0.25) is 25.0 Å². The molecule has 1 N–H and O–H groups in total. The summed E-state index contributed by atoms with van der Waals surface area (Å²) in [5.41, 5.74) is -0.221. The number of benzene rings is 1. The van der Waals surface area contributed by atoms with Crippen molar-refractivity contribution in [2.45, 2.75) is 39.0 Å². The van der Waals surface area contributed by atoms with E-state index in [9.17, 15) is 29.8 Å². The summed E-state index contributed by atoms with van der Waals surface area (Å²) in [6.07, 6.45) is 4.41. The maximum absolute atomic E-state index is 12.8. The number of hydrogen-bond acceptors (Lipinski definition) is 8. The van der Waals surface area contributed by atoms with Gasteiger partial charge in [0.25, 0.3) is 17.3 Å². The first kappa shape index (κ1) is 21.4. The van der Waals surface area contributed by atoms with Crippen LogP contribution in [-0.2, 0) is 17.6 Å². The molecule has 1 aromatic carbocycles. The third kappa shape index (κ3) is 4.46. The van der Waals surface area contributed by atoms with Gasteiger partial charge in [0.15, 0.2) is 0 Å². The third-order valence-electron chi connectivity index (χ3n) is 4.71. The summed E-state index contributed by atoms with van der Waals surface area (Å²) in [5.74, 6) is -1.32. The van der Waals surface area contributed by atoms with E-state index in [1.807, 2.05) is 0 Å². The number of nitro benzene ring substituents is 2.